The summed E-state index contributed by atoms with van der Waals surface area (Å²) >= 11 is 0. The van der Waals surface area contributed by atoms with Crippen LogP contribution in [0.5, 0.6) is 0 Å². The fourth-order valence-corrected chi connectivity index (χ4v) is 1.17. The highest BCUT2D eigenvalue weighted by Gasteiger charge is 2.04. The lowest BCUT2D eigenvalue weighted by Crippen LogP contribution is -1.80. The monoisotopic (exact) mass is 169 g/mol. The van der Waals surface area contributed by atoms with Crippen molar-refractivity contribution in [2.24, 2.45) is 0 Å². The predicted molar refractivity (Wildman–Crippen MR) is 49.9 cm³/mol. The van der Waals surface area contributed by atoms with Gasteiger partial charge in [-0.3, -0.25) is 0 Å². The lowest BCUT2D eigenvalue weighted by Gasteiger charge is -1.98. The normalized spacial score (nSPS) is 9.46. The Bertz CT molecular complexity index is 437. The molecular weight excluding hydrogens is 162 g/mol. The molecule has 1 aromatic heterocycles. The van der Waals surface area contributed by atoms with Crippen LogP contribution in [0.1, 0.15) is 5.56 Å². The van der Waals surface area contributed by atoms with Crippen molar-refractivity contribution < 1.29 is 4.42 Å². The molecule has 0 saturated heterocycles. The minimum Gasteiger partial charge on any atom is -0.443 e. The van der Waals surface area contributed by atoms with Crippen LogP contribution < -0.4 is 0 Å². The molecule has 13 heavy (non-hydrogen) atoms. The Balaban J connectivity index is 2.59. The van der Waals surface area contributed by atoms with Crippen LogP contribution in [0.25, 0.3) is 11.3 Å². The van der Waals surface area contributed by atoms with Crippen molar-refractivity contribution in [3.8, 4) is 23.7 Å². The third-order valence-corrected chi connectivity index (χ3v) is 1.78. The molecule has 0 radical (unpaired) electrons. The van der Waals surface area contributed by atoms with Gasteiger partial charge in [-0.1, -0.05) is 18.1 Å². The first-order valence-corrected chi connectivity index (χ1v) is 3.86. The van der Waals surface area contributed by atoms with Crippen LogP contribution in [0.4, 0.5) is 0 Å². The number of hydrogen-bond acceptors (Lipinski definition) is 2. The summed E-state index contributed by atoms with van der Waals surface area (Å²) in [5.41, 5.74) is 1.72. The van der Waals surface area contributed by atoms with E-state index in [2.05, 4.69) is 10.9 Å². The Labute approximate surface area is 76.2 Å². The first kappa shape index (κ1) is 7.63. The summed E-state index contributed by atoms with van der Waals surface area (Å²) in [5, 5.41) is 0. The molecule has 2 rings (SSSR count). The van der Waals surface area contributed by atoms with Crippen LogP contribution in [0, 0.1) is 12.3 Å². The topological polar surface area (TPSA) is 26.0 Å². The number of benzene rings is 1. The zero-order valence-corrected chi connectivity index (χ0v) is 6.90. The van der Waals surface area contributed by atoms with E-state index >= 15 is 0 Å². The van der Waals surface area contributed by atoms with Gasteiger partial charge in [-0.15, -0.1) is 6.42 Å². The van der Waals surface area contributed by atoms with Gasteiger partial charge in [0.05, 0.1) is 6.20 Å². The summed E-state index contributed by atoms with van der Waals surface area (Å²) in [7, 11) is 0. The molecule has 0 bridgehead atoms. The van der Waals surface area contributed by atoms with Crippen molar-refractivity contribution in [1.82, 2.24) is 4.98 Å². The molecule has 1 aromatic carbocycles. The van der Waals surface area contributed by atoms with Crippen molar-refractivity contribution >= 4 is 0 Å². The van der Waals surface area contributed by atoms with Crippen molar-refractivity contribution in [3.05, 3.63) is 42.4 Å². The second-order valence-electron chi connectivity index (χ2n) is 2.56. The largest absolute Gasteiger partial charge is 0.443 e. The maximum Gasteiger partial charge on any atom is 0.181 e. The molecule has 0 aliphatic rings. The molecule has 62 valence electrons. The molecule has 0 atom stereocenters. The van der Waals surface area contributed by atoms with Gasteiger partial charge >= 0.3 is 0 Å². The summed E-state index contributed by atoms with van der Waals surface area (Å²) in [6.45, 7) is 0. The van der Waals surface area contributed by atoms with Gasteiger partial charge in [-0.2, -0.15) is 0 Å². The molecule has 1 heterocycles. The fraction of sp³-hybridized carbons (Fsp3) is 0. The molecule has 0 spiro atoms. The van der Waals surface area contributed by atoms with E-state index in [4.69, 9.17) is 10.8 Å². The number of rotatable bonds is 1. The third kappa shape index (κ3) is 1.32. The third-order valence-electron chi connectivity index (χ3n) is 1.78. The molecule has 0 aliphatic carbocycles. The zero-order chi connectivity index (χ0) is 9.10. The van der Waals surface area contributed by atoms with Crippen molar-refractivity contribution in [2.45, 2.75) is 0 Å². The van der Waals surface area contributed by atoms with E-state index in [0.717, 1.165) is 11.1 Å². The molecule has 0 N–H and O–H groups in total. The summed E-state index contributed by atoms with van der Waals surface area (Å²) in [5.74, 6) is 3.30. The minimum atomic E-state index is 0.702. The highest BCUT2D eigenvalue weighted by atomic mass is 16.3. The first-order valence-electron chi connectivity index (χ1n) is 3.86. The van der Waals surface area contributed by atoms with E-state index in [1.807, 2.05) is 24.3 Å². The average molecular weight is 169 g/mol. The summed E-state index contributed by atoms with van der Waals surface area (Å²) in [6, 6.07) is 7.60. The van der Waals surface area contributed by atoms with Crippen molar-refractivity contribution in [3.63, 3.8) is 0 Å². The Morgan fingerprint density at radius 2 is 2.15 bits per heavy atom. The number of terminal acetylenes is 1. The Morgan fingerprint density at radius 1 is 1.31 bits per heavy atom. The minimum absolute atomic E-state index is 0.702. The van der Waals surface area contributed by atoms with E-state index in [-0.39, 0.29) is 0 Å². The van der Waals surface area contributed by atoms with Gasteiger partial charge in [0.15, 0.2) is 12.2 Å². The maximum atomic E-state index is 5.34. The van der Waals surface area contributed by atoms with Crippen LogP contribution in [-0.4, -0.2) is 4.98 Å². The average Bonchev–Trinajstić information content (AvgIpc) is 2.70. The first-order chi connectivity index (χ1) is 6.42. The Kier molecular flexibility index (Phi) is 1.85. The molecule has 0 unspecified atom stereocenters. The highest BCUT2D eigenvalue weighted by molar-refractivity contribution is 5.65. The van der Waals surface area contributed by atoms with Crippen LogP contribution in [-0.2, 0) is 0 Å². The van der Waals surface area contributed by atoms with Crippen molar-refractivity contribution in [1.29, 1.82) is 0 Å². The van der Waals surface area contributed by atoms with Gasteiger partial charge in [0.25, 0.3) is 0 Å². The second-order valence-corrected chi connectivity index (χ2v) is 2.56. The van der Waals surface area contributed by atoms with Gasteiger partial charge in [0.2, 0.25) is 0 Å². The lowest BCUT2D eigenvalue weighted by molar-refractivity contribution is 0.572. The van der Waals surface area contributed by atoms with E-state index in [0.29, 0.717) is 5.76 Å². The van der Waals surface area contributed by atoms with E-state index < -0.39 is 0 Å². The molecule has 0 fully saturated rings. The Hall–Kier alpha value is -2.01. The molecule has 2 nitrogen and oxygen atoms in total. The predicted octanol–water partition coefficient (Wildman–Crippen LogP) is 2.32. The van der Waals surface area contributed by atoms with Gasteiger partial charge in [-0.05, 0) is 12.1 Å². The number of aromatic nitrogens is 1. The number of nitrogens with zero attached hydrogens (tertiary/aromatic N) is 1. The van der Waals surface area contributed by atoms with E-state index in [1.54, 1.807) is 6.20 Å². The van der Waals surface area contributed by atoms with Gasteiger partial charge in [-0.25, -0.2) is 4.98 Å². The zero-order valence-electron chi connectivity index (χ0n) is 6.90. The fourth-order valence-electron chi connectivity index (χ4n) is 1.17. The quantitative estimate of drug-likeness (QED) is 0.612. The molecule has 0 amide bonds. The summed E-state index contributed by atoms with van der Waals surface area (Å²) in [4.78, 5) is 3.84. The standard InChI is InChI=1S/C11H7NO/c1-2-9-5-3-4-6-10(9)11-7-12-8-13-11/h1,3-8H. The molecule has 0 aliphatic heterocycles. The van der Waals surface area contributed by atoms with Gasteiger partial charge < -0.3 is 4.42 Å². The van der Waals surface area contributed by atoms with Crippen LogP contribution in [0.15, 0.2) is 41.3 Å². The van der Waals surface area contributed by atoms with Crippen LogP contribution in [0.2, 0.25) is 0 Å². The molecular formula is C11H7NO. The van der Waals surface area contributed by atoms with Crippen LogP contribution >= 0.6 is 0 Å². The summed E-state index contributed by atoms with van der Waals surface area (Å²) < 4.78 is 5.16. The number of hydrogen-bond donors (Lipinski definition) is 0. The second kappa shape index (κ2) is 3.16. The molecule has 0 saturated carbocycles. The van der Waals surface area contributed by atoms with Gasteiger partial charge in [0.1, 0.15) is 0 Å². The SMILES string of the molecule is C#Cc1ccccc1-c1cnco1. The number of oxazole rings is 1. The van der Waals surface area contributed by atoms with Crippen molar-refractivity contribution in [2.75, 3.05) is 0 Å². The Morgan fingerprint density at radius 3 is 2.85 bits per heavy atom. The molecule has 2 aromatic rings. The maximum absolute atomic E-state index is 5.34. The molecule has 2 heteroatoms. The van der Waals surface area contributed by atoms with E-state index in [9.17, 15) is 0 Å². The smallest absolute Gasteiger partial charge is 0.181 e. The van der Waals surface area contributed by atoms with Crippen LogP contribution in [0.3, 0.4) is 0 Å². The highest BCUT2D eigenvalue weighted by Crippen LogP contribution is 2.21. The van der Waals surface area contributed by atoms with Gasteiger partial charge in [0, 0.05) is 11.1 Å². The van der Waals surface area contributed by atoms with E-state index in [1.165, 1.54) is 6.39 Å². The summed E-state index contributed by atoms with van der Waals surface area (Å²) in [6.07, 6.45) is 8.39. The lowest BCUT2D eigenvalue weighted by atomic mass is 10.1.